The number of alkyl halides is 3. The van der Waals surface area contributed by atoms with Gasteiger partial charge in [-0.15, -0.1) is 11.3 Å². The topological polar surface area (TPSA) is 49.4 Å². The van der Waals surface area contributed by atoms with Crippen LogP contribution in [0.25, 0.3) is 0 Å². The lowest BCUT2D eigenvalue weighted by molar-refractivity contribution is -0.140. The molecular weight excluding hydrogens is 329 g/mol. The molecule has 1 aliphatic heterocycles. The van der Waals surface area contributed by atoms with E-state index in [4.69, 9.17) is 0 Å². The summed E-state index contributed by atoms with van der Waals surface area (Å²) in [5, 5.41) is 1.89. The van der Waals surface area contributed by atoms with Crippen molar-refractivity contribution in [3.05, 3.63) is 21.4 Å². The molecule has 23 heavy (non-hydrogen) atoms. The normalized spacial score (nSPS) is 20.7. The van der Waals surface area contributed by atoms with E-state index < -0.39 is 24.7 Å². The largest absolute Gasteiger partial charge is 0.405 e. The summed E-state index contributed by atoms with van der Waals surface area (Å²) >= 11 is 1.45. The van der Waals surface area contributed by atoms with E-state index >= 15 is 0 Å². The summed E-state index contributed by atoms with van der Waals surface area (Å²) in [5.74, 6) is -0.966. The average Bonchev–Trinajstić information content (AvgIpc) is 3.17. The lowest BCUT2D eigenvalue weighted by Gasteiger charge is -2.23. The number of aryl methyl sites for hydroxylation is 2. The van der Waals surface area contributed by atoms with Crippen LogP contribution in [0.1, 0.15) is 39.4 Å². The van der Waals surface area contributed by atoms with Crippen molar-refractivity contribution in [3.63, 3.8) is 0 Å². The molecule has 8 heteroatoms. The van der Waals surface area contributed by atoms with Crippen molar-refractivity contribution < 1.29 is 22.8 Å². The Morgan fingerprint density at radius 1 is 1.30 bits per heavy atom. The van der Waals surface area contributed by atoms with E-state index in [1.54, 1.807) is 0 Å². The molecule has 3 rings (SSSR count). The summed E-state index contributed by atoms with van der Waals surface area (Å²) in [6, 6.07) is 1.07. The second-order valence-corrected chi connectivity index (χ2v) is 7.04. The molecule has 2 heterocycles. The minimum atomic E-state index is -4.45. The number of carbonyl (C=O) groups is 2. The zero-order chi connectivity index (χ0) is 16.6. The number of halogens is 3. The van der Waals surface area contributed by atoms with Crippen LogP contribution in [0.5, 0.6) is 0 Å². The smallest absolute Gasteiger partial charge is 0.345 e. The van der Waals surface area contributed by atoms with Crippen LogP contribution in [0.4, 0.5) is 13.2 Å². The first-order valence-electron chi connectivity index (χ1n) is 7.62. The fourth-order valence-corrected chi connectivity index (χ4v) is 4.37. The molecule has 0 saturated carbocycles. The van der Waals surface area contributed by atoms with Gasteiger partial charge >= 0.3 is 6.18 Å². The molecule has 1 saturated heterocycles. The third kappa shape index (κ3) is 3.52. The van der Waals surface area contributed by atoms with E-state index in [9.17, 15) is 22.8 Å². The van der Waals surface area contributed by atoms with Crippen molar-refractivity contribution in [2.75, 3.05) is 13.1 Å². The molecule has 2 aliphatic rings. The number of nitrogens with one attached hydrogen (secondary N) is 1. The van der Waals surface area contributed by atoms with Gasteiger partial charge in [-0.1, -0.05) is 0 Å². The van der Waals surface area contributed by atoms with E-state index in [0.29, 0.717) is 24.3 Å². The number of amides is 2. The Kier molecular flexibility index (Phi) is 4.35. The van der Waals surface area contributed by atoms with Crippen LogP contribution in [-0.2, 0) is 17.6 Å². The monoisotopic (exact) mass is 346 g/mol. The van der Waals surface area contributed by atoms with Crippen LogP contribution < -0.4 is 5.32 Å². The summed E-state index contributed by atoms with van der Waals surface area (Å²) in [5.41, 5.74) is 1.19. The fraction of sp³-hybridized carbons (Fsp3) is 0.600. The maximum Gasteiger partial charge on any atom is 0.405 e. The Balaban J connectivity index is 1.68. The first-order valence-corrected chi connectivity index (χ1v) is 8.44. The molecule has 0 radical (unpaired) electrons. The number of hydrogen-bond acceptors (Lipinski definition) is 3. The summed E-state index contributed by atoms with van der Waals surface area (Å²) in [6.45, 7) is -0.955. The van der Waals surface area contributed by atoms with Gasteiger partial charge in [-0.2, -0.15) is 13.2 Å². The van der Waals surface area contributed by atoms with Gasteiger partial charge in [-0.3, -0.25) is 9.59 Å². The summed E-state index contributed by atoms with van der Waals surface area (Å²) in [7, 11) is 0. The molecule has 1 atom stereocenters. The predicted molar refractivity (Wildman–Crippen MR) is 79.5 cm³/mol. The number of carbonyl (C=O) groups excluding carboxylic acids is 2. The molecule has 2 amide bonds. The third-order valence-electron chi connectivity index (χ3n) is 4.24. The maximum atomic E-state index is 12.6. The van der Waals surface area contributed by atoms with E-state index in [1.807, 2.05) is 11.4 Å². The van der Waals surface area contributed by atoms with Gasteiger partial charge in [0.15, 0.2) is 0 Å². The number of thiophene rings is 1. The molecule has 126 valence electrons. The van der Waals surface area contributed by atoms with E-state index in [1.165, 1.54) is 26.7 Å². The summed E-state index contributed by atoms with van der Waals surface area (Å²) in [4.78, 5) is 27.8. The fourth-order valence-electron chi connectivity index (χ4n) is 3.16. The SMILES string of the molecule is O=C(NCC(F)(F)F)C1CCCN1C(=O)c1cc2c(s1)CCC2. The Morgan fingerprint density at radius 3 is 2.78 bits per heavy atom. The molecule has 4 nitrogen and oxygen atoms in total. The Bertz CT molecular complexity index is 605. The van der Waals surface area contributed by atoms with Gasteiger partial charge in [0.25, 0.3) is 5.91 Å². The Labute approximate surface area is 135 Å². The zero-order valence-corrected chi connectivity index (χ0v) is 13.2. The Hall–Kier alpha value is -1.57. The van der Waals surface area contributed by atoms with Gasteiger partial charge in [0.1, 0.15) is 12.6 Å². The molecule has 1 aromatic heterocycles. The number of fused-ring (bicyclic) bond motifs is 1. The standard InChI is InChI=1S/C15H17F3N2O2S/c16-15(17,18)8-19-13(21)10-4-2-6-20(10)14(22)12-7-9-3-1-5-11(9)23-12/h7,10H,1-6,8H2,(H,19,21). The van der Waals surface area contributed by atoms with Crippen LogP contribution >= 0.6 is 11.3 Å². The van der Waals surface area contributed by atoms with Crippen LogP contribution in [0.15, 0.2) is 6.07 Å². The second-order valence-electron chi connectivity index (χ2n) is 5.90. The highest BCUT2D eigenvalue weighted by atomic mass is 32.1. The van der Waals surface area contributed by atoms with Gasteiger partial charge in [0.05, 0.1) is 4.88 Å². The second kappa shape index (κ2) is 6.14. The van der Waals surface area contributed by atoms with Crippen LogP contribution in [-0.4, -0.2) is 42.0 Å². The number of rotatable bonds is 3. The predicted octanol–water partition coefficient (Wildman–Crippen LogP) is 2.52. The van der Waals surface area contributed by atoms with Crippen molar-refractivity contribution in [2.45, 2.75) is 44.3 Å². The van der Waals surface area contributed by atoms with Crippen LogP contribution in [0.2, 0.25) is 0 Å². The van der Waals surface area contributed by atoms with Crippen molar-refractivity contribution in [1.29, 1.82) is 0 Å². The van der Waals surface area contributed by atoms with E-state index in [0.717, 1.165) is 19.3 Å². The summed E-state index contributed by atoms with van der Waals surface area (Å²) in [6.07, 6.45) is -0.377. The van der Waals surface area contributed by atoms with Crippen LogP contribution in [0.3, 0.4) is 0 Å². The molecule has 0 bridgehead atoms. The summed E-state index contributed by atoms with van der Waals surface area (Å²) < 4.78 is 36.7. The minimum absolute atomic E-state index is 0.242. The van der Waals surface area contributed by atoms with Crippen molar-refractivity contribution in [2.24, 2.45) is 0 Å². The molecule has 0 spiro atoms. The third-order valence-corrected chi connectivity index (χ3v) is 5.46. The van der Waals surface area contributed by atoms with Crippen molar-refractivity contribution >= 4 is 23.2 Å². The van der Waals surface area contributed by atoms with Gasteiger partial charge in [-0.05, 0) is 43.7 Å². The first kappa shape index (κ1) is 16.3. The molecule has 1 fully saturated rings. The highest BCUT2D eigenvalue weighted by Crippen LogP contribution is 2.32. The average molecular weight is 346 g/mol. The highest BCUT2D eigenvalue weighted by Gasteiger charge is 2.37. The number of hydrogen-bond donors (Lipinski definition) is 1. The van der Waals surface area contributed by atoms with Crippen molar-refractivity contribution in [1.82, 2.24) is 10.2 Å². The molecule has 1 N–H and O–H groups in total. The molecular formula is C15H17F3N2O2S. The molecule has 0 aromatic carbocycles. The minimum Gasteiger partial charge on any atom is -0.345 e. The Morgan fingerprint density at radius 2 is 2.09 bits per heavy atom. The van der Waals surface area contributed by atoms with Crippen molar-refractivity contribution in [3.8, 4) is 0 Å². The first-order chi connectivity index (χ1) is 10.8. The lowest BCUT2D eigenvalue weighted by atomic mass is 10.2. The molecule has 1 aromatic rings. The lowest BCUT2D eigenvalue weighted by Crippen LogP contribution is -2.47. The highest BCUT2D eigenvalue weighted by molar-refractivity contribution is 7.14. The van der Waals surface area contributed by atoms with Gasteiger partial charge < -0.3 is 10.2 Å². The van der Waals surface area contributed by atoms with E-state index in [2.05, 4.69) is 0 Å². The maximum absolute atomic E-state index is 12.6. The molecule has 1 unspecified atom stereocenters. The van der Waals surface area contributed by atoms with Gasteiger partial charge in [0, 0.05) is 11.4 Å². The number of nitrogens with zero attached hydrogens (tertiary/aromatic N) is 1. The zero-order valence-electron chi connectivity index (χ0n) is 12.4. The van der Waals surface area contributed by atoms with Crippen LogP contribution in [0, 0.1) is 0 Å². The quantitative estimate of drug-likeness (QED) is 0.914. The molecule has 1 aliphatic carbocycles. The van der Waals surface area contributed by atoms with Gasteiger partial charge in [-0.25, -0.2) is 0 Å². The number of likely N-dealkylation sites (tertiary alicyclic amines) is 1. The van der Waals surface area contributed by atoms with Gasteiger partial charge in [0.2, 0.25) is 5.91 Å². The van der Waals surface area contributed by atoms with E-state index in [-0.39, 0.29) is 5.91 Å².